The summed E-state index contributed by atoms with van der Waals surface area (Å²) < 4.78 is 5.19. The van der Waals surface area contributed by atoms with Crippen LogP contribution < -0.4 is 10.3 Å². The Hall–Kier alpha value is -3.16. The van der Waals surface area contributed by atoms with Gasteiger partial charge in [-0.1, -0.05) is 19.1 Å². The molecule has 0 aliphatic carbocycles. The molecule has 32 heavy (non-hydrogen) atoms. The number of benzene rings is 1. The Labute approximate surface area is 187 Å². The van der Waals surface area contributed by atoms with Crippen LogP contribution in [0.1, 0.15) is 61.3 Å². The number of carbonyl (C=O) groups is 2. The topological polar surface area (TPSA) is 95.6 Å². The van der Waals surface area contributed by atoms with Crippen LogP contribution in [0.15, 0.2) is 29.1 Å². The van der Waals surface area contributed by atoms with Crippen LogP contribution in [0.4, 0.5) is 0 Å². The summed E-state index contributed by atoms with van der Waals surface area (Å²) in [5, 5.41) is 0. The molecule has 1 atom stereocenters. The second kappa shape index (κ2) is 9.54. The third-order valence-corrected chi connectivity index (χ3v) is 6.40. The molecule has 2 amide bonds. The zero-order valence-electron chi connectivity index (χ0n) is 18.7. The lowest BCUT2D eigenvalue weighted by Crippen LogP contribution is -2.42. The van der Waals surface area contributed by atoms with Crippen molar-refractivity contribution in [1.82, 2.24) is 19.8 Å². The largest absolute Gasteiger partial charge is 0.497 e. The average molecular weight is 439 g/mol. The number of rotatable bonds is 5. The molecule has 1 aromatic heterocycles. The van der Waals surface area contributed by atoms with Crippen molar-refractivity contribution in [3.05, 3.63) is 57.3 Å². The fourth-order valence-corrected chi connectivity index (χ4v) is 4.59. The number of ether oxygens (including phenoxy) is 1. The molecular weight excluding hydrogens is 408 g/mol. The molecule has 4 rings (SSSR count). The Morgan fingerprint density at radius 3 is 2.66 bits per heavy atom. The highest BCUT2D eigenvalue weighted by atomic mass is 16.5. The van der Waals surface area contributed by atoms with Gasteiger partial charge in [0.15, 0.2) is 0 Å². The predicted molar refractivity (Wildman–Crippen MR) is 119 cm³/mol. The number of nitrogens with one attached hydrogen (secondary N) is 1. The quantitative estimate of drug-likeness (QED) is 0.773. The second-order valence-corrected chi connectivity index (χ2v) is 8.42. The van der Waals surface area contributed by atoms with E-state index in [0.717, 1.165) is 30.6 Å². The molecule has 0 spiro atoms. The van der Waals surface area contributed by atoms with Crippen molar-refractivity contribution in [1.29, 1.82) is 0 Å². The van der Waals surface area contributed by atoms with Gasteiger partial charge < -0.3 is 19.5 Å². The van der Waals surface area contributed by atoms with E-state index in [9.17, 15) is 14.4 Å². The first-order valence-electron chi connectivity index (χ1n) is 11.3. The van der Waals surface area contributed by atoms with Crippen molar-refractivity contribution in [2.75, 3.05) is 20.2 Å². The van der Waals surface area contributed by atoms with Crippen molar-refractivity contribution in [3.8, 4) is 5.75 Å². The van der Waals surface area contributed by atoms with E-state index in [2.05, 4.69) is 4.98 Å². The van der Waals surface area contributed by atoms with Crippen molar-refractivity contribution < 1.29 is 14.3 Å². The number of hydrogen-bond acceptors (Lipinski definition) is 5. The Morgan fingerprint density at radius 1 is 1.16 bits per heavy atom. The van der Waals surface area contributed by atoms with Gasteiger partial charge in [-0.05, 0) is 43.4 Å². The molecule has 0 bridgehead atoms. The van der Waals surface area contributed by atoms with Gasteiger partial charge in [0.05, 0.1) is 31.8 Å². The zero-order valence-corrected chi connectivity index (χ0v) is 18.7. The third-order valence-electron chi connectivity index (χ3n) is 6.40. The Morgan fingerprint density at radius 2 is 1.94 bits per heavy atom. The van der Waals surface area contributed by atoms with Crippen LogP contribution >= 0.6 is 0 Å². The molecule has 8 nitrogen and oxygen atoms in total. The SMILES string of the molecule is CCC(=O)N1CCc2c(nc([C@@H]3CCCCN3C(=O)Cc3ccc(OC)cc3)[nH]c2=O)C1. The highest BCUT2D eigenvalue weighted by molar-refractivity contribution is 5.79. The van der Waals surface area contributed by atoms with Crippen LogP contribution in [0.5, 0.6) is 5.75 Å². The van der Waals surface area contributed by atoms with Gasteiger partial charge in [0.25, 0.3) is 5.56 Å². The molecule has 1 saturated heterocycles. The molecule has 3 heterocycles. The number of amides is 2. The molecule has 170 valence electrons. The molecule has 0 radical (unpaired) electrons. The standard InChI is InChI=1S/C24H30N4O4/c1-3-21(29)27-13-11-18-19(15-27)25-23(26-24(18)31)20-6-4-5-12-28(20)22(30)14-16-7-9-17(32-2)10-8-16/h7-10,20H,3-6,11-15H2,1-2H3,(H,25,26,31)/t20-/m0/s1. The molecule has 2 aromatic rings. The van der Waals surface area contributed by atoms with Gasteiger partial charge in [-0.3, -0.25) is 14.4 Å². The van der Waals surface area contributed by atoms with Crippen molar-refractivity contribution in [2.45, 2.75) is 58.0 Å². The number of methoxy groups -OCH3 is 1. The van der Waals surface area contributed by atoms with Crippen LogP contribution in [0.2, 0.25) is 0 Å². The number of nitrogens with zero attached hydrogens (tertiary/aromatic N) is 3. The molecule has 8 heteroatoms. The molecular formula is C24H30N4O4. The molecule has 0 saturated carbocycles. The predicted octanol–water partition coefficient (Wildman–Crippen LogP) is 2.37. The van der Waals surface area contributed by atoms with Crippen LogP contribution in [0.25, 0.3) is 0 Å². The maximum Gasteiger partial charge on any atom is 0.254 e. The van der Waals surface area contributed by atoms with E-state index in [1.165, 1.54) is 0 Å². The summed E-state index contributed by atoms with van der Waals surface area (Å²) in [6, 6.07) is 7.23. The fourth-order valence-electron chi connectivity index (χ4n) is 4.59. The number of piperidine rings is 1. The third kappa shape index (κ3) is 4.54. The number of aromatic nitrogens is 2. The van der Waals surface area contributed by atoms with Crippen LogP contribution in [-0.4, -0.2) is 51.8 Å². The highest BCUT2D eigenvalue weighted by Gasteiger charge is 2.31. The maximum absolute atomic E-state index is 13.2. The first-order valence-corrected chi connectivity index (χ1v) is 11.3. The minimum absolute atomic E-state index is 0.0167. The van der Waals surface area contributed by atoms with Crippen LogP contribution in [-0.2, 0) is 29.0 Å². The van der Waals surface area contributed by atoms with Gasteiger partial charge in [0.1, 0.15) is 11.6 Å². The Bertz CT molecular complexity index is 1050. The summed E-state index contributed by atoms with van der Waals surface area (Å²) >= 11 is 0. The Balaban J connectivity index is 1.57. The summed E-state index contributed by atoms with van der Waals surface area (Å²) in [4.78, 5) is 49.4. The van der Waals surface area contributed by atoms with Gasteiger partial charge in [-0.25, -0.2) is 4.98 Å². The smallest absolute Gasteiger partial charge is 0.254 e. The van der Waals surface area contributed by atoms with Crippen molar-refractivity contribution >= 4 is 11.8 Å². The first kappa shape index (κ1) is 22.0. The van der Waals surface area contributed by atoms with Crippen molar-refractivity contribution in [3.63, 3.8) is 0 Å². The summed E-state index contributed by atoms with van der Waals surface area (Å²) in [6.45, 7) is 3.37. The van der Waals surface area contributed by atoms with Crippen molar-refractivity contribution in [2.24, 2.45) is 0 Å². The normalized spacial score (nSPS) is 18.2. The monoisotopic (exact) mass is 438 g/mol. The lowest BCUT2D eigenvalue weighted by atomic mass is 9.99. The van der Waals surface area contributed by atoms with Gasteiger partial charge in [-0.2, -0.15) is 0 Å². The van der Waals surface area contributed by atoms with Gasteiger partial charge in [0.2, 0.25) is 11.8 Å². The average Bonchev–Trinajstić information content (AvgIpc) is 2.83. The summed E-state index contributed by atoms with van der Waals surface area (Å²) in [6.07, 6.45) is 3.88. The molecule has 2 aliphatic rings. The molecule has 2 aliphatic heterocycles. The summed E-state index contributed by atoms with van der Waals surface area (Å²) in [5.74, 6) is 1.36. The number of carbonyl (C=O) groups excluding carboxylic acids is 2. The van der Waals surface area contributed by atoms with E-state index in [0.29, 0.717) is 49.6 Å². The van der Waals surface area contributed by atoms with Gasteiger partial charge in [-0.15, -0.1) is 0 Å². The minimum Gasteiger partial charge on any atom is -0.497 e. The minimum atomic E-state index is -0.259. The molecule has 1 N–H and O–H groups in total. The highest BCUT2D eigenvalue weighted by Crippen LogP contribution is 2.30. The number of H-pyrrole nitrogens is 1. The number of aromatic amines is 1. The van der Waals surface area contributed by atoms with E-state index in [1.807, 2.05) is 36.1 Å². The van der Waals surface area contributed by atoms with E-state index in [1.54, 1.807) is 12.0 Å². The lowest BCUT2D eigenvalue weighted by Gasteiger charge is -2.36. The fraction of sp³-hybridized carbons (Fsp3) is 0.500. The van der Waals surface area contributed by atoms with Gasteiger partial charge >= 0.3 is 0 Å². The van der Waals surface area contributed by atoms with E-state index in [-0.39, 0.29) is 29.8 Å². The lowest BCUT2D eigenvalue weighted by molar-refractivity contribution is -0.134. The van der Waals surface area contributed by atoms with Gasteiger partial charge in [0, 0.05) is 25.1 Å². The molecule has 1 aromatic carbocycles. The maximum atomic E-state index is 13.2. The van der Waals surface area contributed by atoms with E-state index >= 15 is 0 Å². The first-order chi connectivity index (χ1) is 15.5. The number of fused-ring (bicyclic) bond motifs is 1. The number of likely N-dealkylation sites (tertiary alicyclic amines) is 1. The van der Waals surface area contributed by atoms with Crippen LogP contribution in [0.3, 0.4) is 0 Å². The summed E-state index contributed by atoms with van der Waals surface area (Å²) in [7, 11) is 1.61. The molecule has 0 unspecified atom stereocenters. The summed E-state index contributed by atoms with van der Waals surface area (Å²) in [5.41, 5.74) is 2.08. The second-order valence-electron chi connectivity index (χ2n) is 8.42. The van der Waals surface area contributed by atoms with E-state index in [4.69, 9.17) is 9.72 Å². The van der Waals surface area contributed by atoms with Crippen LogP contribution in [0, 0.1) is 0 Å². The Kier molecular flexibility index (Phi) is 6.58. The zero-order chi connectivity index (χ0) is 22.7. The number of hydrogen-bond donors (Lipinski definition) is 1. The molecule has 1 fully saturated rings. The van der Waals surface area contributed by atoms with E-state index < -0.39 is 0 Å².